The van der Waals surface area contributed by atoms with E-state index in [1.54, 1.807) is 6.92 Å². The number of carbonyl (C=O) groups excluding carboxylic acids is 2. The lowest BCUT2D eigenvalue weighted by atomic mass is 10.1. The van der Waals surface area contributed by atoms with E-state index in [1.165, 1.54) is 16.8 Å². The van der Waals surface area contributed by atoms with Crippen molar-refractivity contribution in [3.63, 3.8) is 0 Å². The molecule has 1 aliphatic heterocycles. The number of aryl methyl sites for hydroxylation is 1. The third-order valence-corrected chi connectivity index (χ3v) is 5.20. The monoisotopic (exact) mass is 474 g/mol. The molecule has 0 N–H and O–H groups in total. The van der Waals surface area contributed by atoms with Gasteiger partial charge in [-0.25, -0.2) is 23.3 Å². The number of rotatable bonds is 3. The molecule has 7 nitrogen and oxygen atoms in total. The number of benzene rings is 2. The minimum absolute atomic E-state index is 0.0134. The third-order valence-electron chi connectivity index (χ3n) is 5.20. The summed E-state index contributed by atoms with van der Waals surface area (Å²) >= 11 is 0. The van der Waals surface area contributed by atoms with E-state index in [9.17, 15) is 31.5 Å². The number of anilines is 1. The number of pyridine rings is 1. The Morgan fingerprint density at radius 3 is 2.24 bits per heavy atom. The van der Waals surface area contributed by atoms with Gasteiger partial charge in [0.15, 0.2) is 17.3 Å². The number of hydrogen-bond donors (Lipinski definition) is 0. The smallest absolute Gasteiger partial charge is 0.406 e. The Morgan fingerprint density at radius 2 is 1.59 bits per heavy atom. The highest BCUT2D eigenvalue weighted by Gasteiger charge is 2.40. The molecule has 1 aliphatic rings. The van der Waals surface area contributed by atoms with Gasteiger partial charge in [0.1, 0.15) is 5.75 Å². The molecule has 34 heavy (non-hydrogen) atoms. The lowest BCUT2D eigenvalue weighted by Crippen LogP contribution is -2.29. The maximum absolute atomic E-state index is 13.7. The molecule has 12 heteroatoms. The Balaban J connectivity index is 1.59. The summed E-state index contributed by atoms with van der Waals surface area (Å²) in [6, 6.07) is 7.48. The minimum Gasteiger partial charge on any atom is -0.406 e. The van der Waals surface area contributed by atoms with Gasteiger partial charge in [0.2, 0.25) is 0 Å². The van der Waals surface area contributed by atoms with Gasteiger partial charge in [-0.3, -0.25) is 9.59 Å². The number of alkyl halides is 3. The first-order valence-electron chi connectivity index (χ1n) is 9.63. The summed E-state index contributed by atoms with van der Waals surface area (Å²) in [6.45, 7) is 1.57. The van der Waals surface area contributed by atoms with Gasteiger partial charge in [-0.15, -0.1) is 13.2 Å². The van der Waals surface area contributed by atoms with Gasteiger partial charge >= 0.3 is 6.36 Å². The maximum atomic E-state index is 13.7. The van der Waals surface area contributed by atoms with E-state index in [4.69, 9.17) is 0 Å². The Kier molecular flexibility index (Phi) is 4.64. The average Bonchev–Trinajstić information content (AvgIpc) is 3.23. The fraction of sp³-hybridized carbons (Fsp3) is 0.0909. The van der Waals surface area contributed by atoms with Gasteiger partial charge in [-0.05, 0) is 43.3 Å². The Hall–Kier alpha value is -4.35. The lowest BCUT2D eigenvalue weighted by molar-refractivity contribution is -0.274. The van der Waals surface area contributed by atoms with Crippen LogP contribution in [-0.4, -0.2) is 32.9 Å². The van der Waals surface area contributed by atoms with Crippen molar-refractivity contribution in [1.29, 1.82) is 0 Å². The quantitative estimate of drug-likeness (QED) is 0.318. The number of fused-ring (bicyclic) bond motifs is 3. The van der Waals surface area contributed by atoms with Gasteiger partial charge in [0, 0.05) is 12.3 Å². The van der Waals surface area contributed by atoms with Crippen LogP contribution < -0.4 is 9.64 Å². The van der Waals surface area contributed by atoms with Gasteiger partial charge in [-0.2, -0.15) is 5.10 Å². The molecule has 172 valence electrons. The Labute approximate surface area is 187 Å². The second-order valence-corrected chi connectivity index (χ2v) is 7.33. The number of halogens is 5. The Bertz CT molecular complexity index is 1500. The number of carbonyl (C=O) groups is 2. The van der Waals surface area contributed by atoms with Gasteiger partial charge in [-0.1, -0.05) is 0 Å². The van der Waals surface area contributed by atoms with E-state index < -0.39 is 35.6 Å². The van der Waals surface area contributed by atoms with Crippen molar-refractivity contribution in [3.8, 4) is 11.4 Å². The Morgan fingerprint density at radius 1 is 0.912 bits per heavy atom. The van der Waals surface area contributed by atoms with Crippen molar-refractivity contribution in [2.24, 2.45) is 0 Å². The zero-order valence-corrected chi connectivity index (χ0v) is 17.0. The van der Waals surface area contributed by atoms with Crippen LogP contribution in [0.5, 0.6) is 5.75 Å². The van der Waals surface area contributed by atoms with E-state index in [-0.39, 0.29) is 27.8 Å². The summed E-state index contributed by atoms with van der Waals surface area (Å²) in [6.07, 6.45) is -3.68. The first-order valence-corrected chi connectivity index (χ1v) is 9.63. The summed E-state index contributed by atoms with van der Waals surface area (Å²) in [5.74, 6) is -4.31. The zero-order valence-electron chi connectivity index (χ0n) is 17.0. The molecule has 2 aromatic heterocycles. The molecule has 2 amide bonds. The highest BCUT2D eigenvalue weighted by Crippen LogP contribution is 2.35. The fourth-order valence-electron chi connectivity index (χ4n) is 3.79. The number of ether oxygens (including phenoxy) is 1. The molecule has 0 bridgehead atoms. The second kappa shape index (κ2) is 7.33. The van der Waals surface area contributed by atoms with Crippen molar-refractivity contribution in [2.45, 2.75) is 13.3 Å². The summed E-state index contributed by atoms with van der Waals surface area (Å²) in [5, 5.41) is 4.57. The number of aromatic nitrogens is 3. The molecule has 0 fully saturated rings. The molecular formula is C22H11F5N4O3. The van der Waals surface area contributed by atoms with Crippen LogP contribution in [0.1, 0.15) is 26.4 Å². The minimum atomic E-state index is -4.84. The van der Waals surface area contributed by atoms with Crippen LogP contribution in [0.15, 0.2) is 48.7 Å². The van der Waals surface area contributed by atoms with E-state index >= 15 is 0 Å². The first kappa shape index (κ1) is 21.5. The van der Waals surface area contributed by atoms with Crippen LogP contribution in [0.4, 0.5) is 27.6 Å². The topological polar surface area (TPSA) is 77.3 Å². The molecular weight excluding hydrogens is 463 g/mol. The van der Waals surface area contributed by atoms with E-state index in [1.807, 2.05) is 0 Å². The van der Waals surface area contributed by atoms with Crippen molar-refractivity contribution >= 4 is 28.5 Å². The summed E-state index contributed by atoms with van der Waals surface area (Å²) in [4.78, 5) is 31.0. The standard InChI is InChI=1S/C22H11F5N4O3/c1-10-17-18-14(20(32)30(21(18)33)12-4-7-15(23)16(24)8-12)9-28-19(17)31(29-10)11-2-5-13(6-3-11)34-22(25,26)27/h2-9H,1H3. The normalized spacial score (nSPS) is 13.6. The number of imide groups is 1. The molecule has 0 radical (unpaired) electrons. The molecule has 0 spiro atoms. The SMILES string of the molecule is Cc1nn(-c2ccc(OC(F)(F)F)cc2)c2ncc3c(c12)C(=O)N(c1ccc(F)c(F)c1)C3=O. The predicted molar refractivity (Wildman–Crippen MR) is 108 cm³/mol. The van der Waals surface area contributed by atoms with Crippen LogP contribution in [0, 0.1) is 18.6 Å². The maximum Gasteiger partial charge on any atom is 0.573 e. The van der Waals surface area contributed by atoms with Crippen LogP contribution in [0.2, 0.25) is 0 Å². The third kappa shape index (κ3) is 3.34. The van der Waals surface area contributed by atoms with Gasteiger partial charge in [0.05, 0.1) is 33.6 Å². The molecule has 5 rings (SSSR count). The number of amides is 2. The molecule has 0 aliphatic carbocycles. The van der Waals surface area contributed by atoms with Crippen molar-refractivity contribution in [1.82, 2.24) is 14.8 Å². The van der Waals surface area contributed by atoms with Crippen LogP contribution in [0.25, 0.3) is 16.7 Å². The zero-order chi connectivity index (χ0) is 24.4. The lowest BCUT2D eigenvalue weighted by Gasteiger charge is -2.13. The first-order chi connectivity index (χ1) is 16.0. The number of hydrogen-bond acceptors (Lipinski definition) is 5. The second-order valence-electron chi connectivity index (χ2n) is 7.33. The molecule has 4 aromatic rings. The predicted octanol–water partition coefficient (Wildman–Crippen LogP) is 4.71. The molecule has 3 heterocycles. The van der Waals surface area contributed by atoms with E-state index in [0.29, 0.717) is 16.3 Å². The molecule has 0 saturated heterocycles. The summed E-state index contributed by atoms with van der Waals surface area (Å²) in [5.41, 5.74) is 0.620. The van der Waals surface area contributed by atoms with Crippen molar-refractivity contribution in [2.75, 3.05) is 4.90 Å². The van der Waals surface area contributed by atoms with E-state index in [2.05, 4.69) is 14.8 Å². The highest BCUT2D eigenvalue weighted by atomic mass is 19.4. The highest BCUT2D eigenvalue weighted by molar-refractivity contribution is 6.37. The summed E-state index contributed by atoms with van der Waals surface area (Å²) < 4.78 is 69.5. The van der Waals surface area contributed by atoms with Gasteiger partial charge < -0.3 is 4.74 Å². The van der Waals surface area contributed by atoms with Crippen molar-refractivity contribution in [3.05, 3.63) is 77.1 Å². The number of nitrogens with zero attached hydrogens (tertiary/aromatic N) is 4. The van der Waals surface area contributed by atoms with Crippen LogP contribution in [0.3, 0.4) is 0 Å². The molecule has 0 saturated carbocycles. The van der Waals surface area contributed by atoms with E-state index in [0.717, 1.165) is 36.5 Å². The molecule has 0 unspecified atom stereocenters. The van der Waals surface area contributed by atoms with Crippen LogP contribution in [-0.2, 0) is 0 Å². The molecule has 0 atom stereocenters. The fourth-order valence-corrected chi connectivity index (χ4v) is 3.79. The van der Waals surface area contributed by atoms with Crippen LogP contribution >= 0.6 is 0 Å². The molecule has 2 aromatic carbocycles. The largest absolute Gasteiger partial charge is 0.573 e. The summed E-state index contributed by atoms with van der Waals surface area (Å²) in [7, 11) is 0. The van der Waals surface area contributed by atoms with Crippen molar-refractivity contribution < 1.29 is 36.3 Å². The van der Waals surface area contributed by atoms with Gasteiger partial charge in [0.25, 0.3) is 11.8 Å². The average molecular weight is 474 g/mol.